The van der Waals surface area contributed by atoms with Gasteiger partial charge < -0.3 is 21.3 Å². The van der Waals surface area contributed by atoms with Crippen molar-refractivity contribution < 1.29 is 15.0 Å². The Morgan fingerprint density at radius 3 is 2.33 bits per heavy atom. The number of aliphatic hydroxyl groups is 2. The minimum atomic E-state index is -0.950. The zero-order chi connectivity index (χ0) is 18.1. The predicted molar refractivity (Wildman–Crippen MR) is 97.5 cm³/mol. The molecule has 0 aromatic heterocycles. The lowest BCUT2D eigenvalue weighted by atomic mass is 9.82. The van der Waals surface area contributed by atoms with Crippen LogP contribution in [-0.2, 0) is 4.79 Å². The number of hydrogen-bond acceptors (Lipinski definition) is 4. The summed E-state index contributed by atoms with van der Waals surface area (Å²) in [6, 6.07) is -0.965. The number of amides is 1. The number of nitrogens with one attached hydrogen (secondary N) is 1. The van der Waals surface area contributed by atoms with E-state index in [9.17, 15) is 15.0 Å². The van der Waals surface area contributed by atoms with E-state index in [0.717, 1.165) is 32.1 Å². The van der Waals surface area contributed by atoms with Crippen LogP contribution in [0.25, 0.3) is 0 Å². The fraction of sp³-hybridized carbons (Fsp3) is 0.947. The molecule has 0 spiro atoms. The Bertz CT molecular complexity index is 357. The van der Waals surface area contributed by atoms with Gasteiger partial charge in [0.15, 0.2) is 0 Å². The lowest BCUT2D eigenvalue weighted by Crippen LogP contribution is -2.54. The molecule has 1 aliphatic rings. The fourth-order valence-electron chi connectivity index (χ4n) is 3.54. The number of nitrogens with two attached hydrogens (primary N) is 1. The van der Waals surface area contributed by atoms with Gasteiger partial charge in [0.05, 0.1) is 18.2 Å². The Labute approximate surface area is 147 Å². The summed E-state index contributed by atoms with van der Waals surface area (Å²) >= 11 is 0. The largest absolute Gasteiger partial charge is 0.390 e. The van der Waals surface area contributed by atoms with E-state index in [1.54, 1.807) is 0 Å². The Hall–Kier alpha value is -0.650. The van der Waals surface area contributed by atoms with Crippen molar-refractivity contribution in [2.24, 2.45) is 17.6 Å². The van der Waals surface area contributed by atoms with E-state index >= 15 is 0 Å². The topological polar surface area (TPSA) is 95.6 Å². The van der Waals surface area contributed by atoms with E-state index < -0.39 is 24.3 Å². The van der Waals surface area contributed by atoms with Gasteiger partial charge in [0.25, 0.3) is 0 Å². The van der Waals surface area contributed by atoms with Gasteiger partial charge in [-0.3, -0.25) is 4.79 Å². The molecule has 0 saturated heterocycles. The van der Waals surface area contributed by atoms with Crippen LogP contribution >= 0.6 is 0 Å². The van der Waals surface area contributed by atoms with Crippen molar-refractivity contribution in [3.63, 3.8) is 0 Å². The minimum absolute atomic E-state index is 0.0560. The molecular formula is C19H38N2O3. The van der Waals surface area contributed by atoms with Crippen molar-refractivity contribution in [3.05, 3.63) is 0 Å². The van der Waals surface area contributed by atoms with E-state index in [2.05, 4.69) is 12.2 Å². The molecule has 1 fully saturated rings. The van der Waals surface area contributed by atoms with E-state index in [1.807, 2.05) is 13.8 Å². The van der Waals surface area contributed by atoms with Crippen LogP contribution in [0.3, 0.4) is 0 Å². The molecule has 4 atom stereocenters. The molecule has 0 aromatic rings. The summed E-state index contributed by atoms with van der Waals surface area (Å²) < 4.78 is 0. The summed E-state index contributed by atoms with van der Waals surface area (Å²) in [7, 11) is 0. The van der Waals surface area contributed by atoms with Gasteiger partial charge in [-0.2, -0.15) is 0 Å². The van der Waals surface area contributed by atoms with Crippen LogP contribution in [0.1, 0.15) is 78.6 Å². The fourth-order valence-corrected chi connectivity index (χ4v) is 3.54. The highest BCUT2D eigenvalue weighted by atomic mass is 16.3. The van der Waals surface area contributed by atoms with Crippen LogP contribution in [0.4, 0.5) is 0 Å². The minimum Gasteiger partial charge on any atom is -0.390 e. The second-order valence-electron chi connectivity index (χ2n) is 7.83. The molecule has 0 bridgehead atoms. The van der Waals surface area contributed by atoms with Crippen molar-refractivity contribution >= 4 is 5.91 Å². The van der Waals surface area contributed by atoms with Crippen LogP contribution in [0.5, 0.6) is 0 Å². The van der Waals surface area contributed by atoms with E-state index in [0.29, 0.717) is 12.3 Å². The van der Waals surface area contributed by atoms with Crippen molar-refractivity contribution in [3.8, 4) is 0 Å². The monoisotopic (exact) mass is 342 g/mol. The standard InChI is InChI=1S/C19H38N2O3/c1-4-5-11-15(20)19(24)21-16(18(23)17(22)13(2)3)12-14-9-7-6-8-10-14/h13-18,22-23H,4-12,20H2,1-3H3,(H,21,24)/t15-,16+,17+,18-/m0/s1. The number of carbonyl (C=O) groups excluding carboxylic acids is 1. The van der Waals surface area contributed by atoms with Gasteiger partial charge in [-0.05, 0) is 24.7 Å². The molecule has 1 rings (SSSR count). The van der Waals surface area contributed by atoms with Gasteiger partial charge >= 0.3 is 0 Å². The zero-order valence-electron chi connectivity index (χ0n) is 15.7. The molecule has 5 N–H and O–H groups in total. The average Bonchev–Trinajstić information content (AvgIpc) is 2.58. The molecule has 0 unspecified atom stereocenters. The van der Waals surface area contributed by atoms with Gasteiger partial charge in [-0.15, -0.1) is 0 Å². The Balaban J connectivity index is 2.69. The Kier molecular flexibility index (Phi) is 9.86. The molecule has 24 heavy (non-hydrogen) atoms. The first-order valence-electron chi connectivity index (χ1n) is 9.78. The quantitative estimate of drug-likeness (QED) is 0.490. The van der Waals surface area contributed by atoms with Crippen LogP contribution in [0.15, 0.2) is 0 Å². The molecule has 0 radical (unpaired) electrons. The maximum absolute atomic E-state index is 12.4. The first-order valence-corrected chi connectivity index (χ1v) is 9.78. The lowest BCUT2D eigenvalue weighted by molar-refractivity contribution is -0.125. The third-order valence-corrected chi connectivity index (χ3v) is 5.29. The smallest absolute Gasteiger partial charge is 0.237 e. The van der Waals surface area contributed by atoms with Crippen molar-refractivity contribution in [1.82, 2.24) is 5.32 Å². The summed E-state index contributed by atoms with van der Waals surface area (Å²) in [6.07, 6.45) is 7.47. The Morgan fingerprint density at radius 1 is 1.17 bits per heavy atom. The van der Waals surface area contributed by atoms with Gasteiger partial charge in [0, 0.05) is 0 Å². The number of aliphatic hydroxyl groups excluding tert-OH is 2. The summed E-state index contributed by atoms with van der Waals surface area (Å²) in [5, 5.41) is 23.8. The maximum Gasteiger partial charge on any atom is 0.237 e. The van der Waals surface area contributed by atoms with Crippen molar-refractivity contribution in [2.45, 2.75) is 103 Å². The van der Waals surface area contributed by atoms with E-state index in [4.69, 9.17) is 5.73 Å². The second kappa shape index (κ2) is 11.1. The van der Waals surface area contributed by atoms with Crippen LogP contribution in [-0.4, -0.2) is 40.4 Å². The van der Waals surface area contributed by atoms with Gasteiger partial charge in [0.2, 0.25) is 5.91 Å². The third kappa shape index (κ3) is 7.08. The lowest BCUT2D eigenvalue weighted by Gasteiger charge is -2.34. The maximum atomic E-state index is 12.4. The molecular weight excluding hydrogens is 304 g/mol. The summed E-state index contributed by atoms with van der Waals surface area (Å²) in [6.45, 7) is 5.82. The van der Waals surface area contributed by atoms with Crippen LogP contribution < -0.4 is 11.1 Å². The molecule has 5 heteroatoms. The Morgan fingerprint density at radius 2 is 1.79 bits per heavy atom. The molecule has 1 aliphatic carbocycles. The number of hydrogen-bond donors (Lipinski definition) is 4. The molecule has 0 aromatic carbocycles. The number of unbranched alkanes of at least 4 members (excludes halogenated alkanes) is 1. The SMILES string of the molecule is CCCC[C@H](N)C(=O)N[C@H](CC1CCCCC1)[C@H](O)[C@H](O)C(C)C. The normalized spacial score (nSPS) is 21.3. The van der Waals surface area contributed by atoms with Crippen molar-refractivity contribution in [1.29, 1.82) is 0 Å². The third-order valence-electron chi connectivity index (χ3n) is 5.29. The molecule has 1 saturated carbocycles. The van der Waals surface area contributed by atoms with Crippen LogP contribution in [0, 0.1) is 11.8 Å². The summed E-state index contributed by atoms with van der Waals surface area (Å²) in [4.78, 5) is 12.4. The van der Waals surface area contributed by atoms with E-state index in [1.165, 1.54) is 19.3 Å². The van der Waals surface area contributed by atoms with Gasteiger partial charge in [-0.25, -0.2) is 0 Å². The number of carbonyl (C=O) groups is 1. The van der Waals surface area contributed by atoms with Gasteiger partial charge in [-0.1, -0.05) is 65.7 Å². The first kappa shape index (κ1) is 21.4. The van der Waals surface area contributed by atoms with Gasteiger partial charge in [0.1, 0.15) is 6.10 Å². The summed E-state index contributed by atoms with van der Waals surface area (Å²) in [5.41, 5.74) is 5.96. The molecule has 1 amide bonds. The van der Waals surface area contributed by atoms with Crippen LogP contribution in [0.2, 0.25) is 0 Å². The highest BCUT2D eigenvalue weighted by Crippen LogP contribution is 2.29. The highest BCUT2D eigenvalue weighted by molar-refractivity contribution is 5.81. The van der Waals surface area contributed by atoms with E-state index in [-0.39, 0.29) is 11.8 Å². The molecule has 5 nitrogen and oxygen atoms in total. The average molecular weight is 343 g/mol. The molecule has 0 heterocycles. The molecule has 142 valence electrons. The second-order valence-corrected chi connectivity index (χ2v) is 7.83. The predicted octanol–water partition coefficient (Wildman–Crippen LogP) is 2.34. The zero-order valence-corrected chi connectivity index (χ0v) is 15.7. The summed E-state index contributed by atoms with van der Waals surface area (Å²) in [5.74, 6) is 0.240. The van der Waals surface area contributed by atoms with Crippen molar-refractivity contribution in [2.75, 3.05) is 0 Å². The number of rotatable bonds is 10. The molecule has 0 aliphatic heterocycles. The first-order chi connectivity index (χ1) is 11.4. The highest BCUT2D eigenvalue weighted by Gasteiger charge is 2.32.